The lowest BCUT2D eigenvalue weighted by Gasteiger charge is -2.13. The van der Waals surface area contributed by atoms with Gasteiger partial charge in [-0.3, -0.25) is 0 Å². The van der Waals surface area contributed by atoms with Gasteiger partial charge in [-0.05, 0) is 47.5 Å². The summed E-state index contributed by atoms with van der Waals surface area (Å²) in [5.41, 5.74) is 5.78. The highest BCUT2D eigenvalue weighted by Crippen LogP contribution is 2.34. The largest absolute Gasteiger partial charge is 0.489 e. The number of furan rings is 1. The van der Waals surface area contributed by atoms with E-state index in [-0.39, 0.29) is 5.41 Å². The van der Waals surface area contributed by atoms with Crippen molar-refractivity contribution in [2.75, 3.05) is 0 Å². The molecule has 0 aliphatic heterocycles. The van der Waals surface area contributed by atoms with E-state index in [0.29, 0.717) is 18.7 Å². The number of hydrogen-bond acceptors (Lipinski definition) is 5. The van der Waals surface area contributed by atoms with Crippen LogP contribution in [0.5, 0.6) is 5.75 Å². The summed E-state index contributed by atoms with van der Waals surface area (Å²) < 4.78 is 14.2. The Hall–Kier alpha value is -4.34. The van der Waals surface area contributed by atoms with Gasteiger partial charge in [0.1, 0.15) is 24.0 Å². The van der Waals surface area contributed by atoms with Crippen LogP contribution in [0.25, 0.3) is 32.6 Å². The molecule has 188 valence electrons. The summed E-state index contributed by atoms with van der Waals surface area (Å²) in [6.45, 7) is 7.62. The second kappa shape index (κ2) is 9.51. The highest BCUT2D eigenvalue weighted by Gasteiger charge is 2.19. The Kier molecular flexibility index (Phi) is 6.01. The van der Waals surface area contributed by atoms with Crippen molar-refractivity contribution in [2.45, 2.75) is 39.3 Å². The van der Waals surface area contributed by atoms with Crippen molar-refractivity contribution in [1.29, 1.82) is 5.26 Å². The molecule has 0 aliphatic rings. The van der Waals surface area contributed by atoms with Gasteiger partial charge < -0.3 is 13.7 Å². The number of ether oxygens (including phenoxy) is 1. The van der Waals surface area contributed by atoms with Crippen molar-refractivity contribution in [1.82, 2.24) is 9.55 Å². The first-order chi connectivity index (χ1) is 18.4. The van der Waals surface area contributed by atoms with Crippen molar-refractivity contribution >= 4 is 33.2 Å². The van der Waals surface area contributed by atoms with Crippen molar-refractivity contribution < 1.29 is 9.15 Å². The summed E-state index contributed by atoms with van der Waals surface area (Å²) in [5.74, 6) is 1.54. The van der Waals surface area contributed by atoms with Gasteiger partial charge in [0.2, 0.25) is 0 Å². The Labute approximate surface area is 225 Å². The molecule has 5 nitrogen and oxygen atoms in total. The van der Waals surface area contributed by atoms with Gasteiger partial charge in [0.05, 0.1) is 11.3 Å². The fourth-order valence-corrected chi connectivity index (χ4v) is 5.55. The molecular formula is C32H27N3O2S. The predicted molar refractivity (Wildman–Crippen MR) is 153 cm³/mol. The fourth-order valence-electron chi connectivity index (χ4n) is 4.55. The summed E-state index contributed by atoms with van der Waals surface area (Å²) >= 11 is 1.61. The number of benzene rings is 3. The molecular weight excluding hydrogens is 490 g/mol. The number of aromatic nitrogens is 2. The summed E-state index contributed by atoms with van der Waals surface area (Å²) in [4.78, 5) is 4.80. The van der Waals surface area contributed by atoms with Crippen LogP contribution in [0.15, 0.2) is 88.8 Å². The van der Waals surface area contributed by atoms with E-state index in [4.69, 9.17) is 14.1 Å². The molecule has 0 bridgehead atoms. The Morgan fingerprint density at radius 2 is 1.84 bits per heavy atom. The van der Waals surface area contributed by atoms with Gasteiger partial charge in [0, 0.05) is 39.8 Å². The summed E-state index contributed by atoms with van der Waals surface area (Å²) in [5, 5.41) is 14.7. The molecule has 38 heavy (non-hydrogen) atoms. The lowest BCUT2D eigenvalue weighted by molar-refractivity contribution is 0.306. The molecule has 6 heteroatoms. The first-order valence-electron chi connectivity index (χ1n) is 12.6. The number of fused-ring (bicyclic) bond motifs is 2. The van der Waals surface area contributed by atoms with Gasteiger partial charge in [0.15, 0.2) is 10.8 Å². The zero-order valence-corrected chi connectivity index (χ0v) is 22.4. The van der Waals surface area contributed by atoms with Crippen LogP contribution in [-0.2, 0) is 18.6 Å². The van der Waals surface area contributed by atoms with E-state index < -0.39 is 0 Å². The van der Waals surface area contributed by atoms with Gasteiger partial charge in [-0.25, -0.2) is 4.98 Å². The molecule has 0 saturated heterocycles. The monoisotopic (exact) mass is 517 g/mol. The minimum atomic E-state index is 0.00450. The molecule has 3 heterocycles. The van der Waals surface area contributed by atoms with Crippen molar-refractivity contribution in [3.05, 3.63) is 107 Å². The lowest BCUT2D eigenvalue weighted by Crippen LogP contribution is -2.11. The second-order valence-electron chi connectivity index (χ2n) is 10.5. The van der Waals surface area contributed by atoms with E-state index >= 15 is 0 Å². The van der Waals surface area contributed by atoms with Crippen LogP contribution in [0.4, 0.5) is 0 Å². The van der Waals surface area contributed by atoms with Crippen molar-refractivity contribution in [2.24, 2.45) is 0 Å². The third-order valence-electron chi connectivity index (χ3n) is 6.64. The quantitative estimate of drug-likeness (QED) is 0.223. The predicted octanol–water partition coefficient (Wildman–Crippen LogP) is 8.31. The first-order valence-corrected chi connectivity index (χ1v) is 13.4. The topological polar surface area (TPSA) is 64.0 Å². The van der Waals surface area contributed by atoms with Gasteiger partial charge in [-0.2, -0.15) is 5.26 Å². The Morgan fingerprint density at radius 1 is 1.00 bits per heavy atom. The lowest BCUT2D eigenvalue weighted by atomic mass is 9.93. The van der Waals surface area contributed by atoms with Gasteiger partial charge >= 0.3 is 0 Å². The Bertz CT molecular complexity index is 1800. The van der Waals surface area contributed by atoms with Crippen molar-refractivity contribution in [3.63, 3.8) is 0 Å². The minimum Gasteiger partial charge on any atom is -0.489 e. The molecule has 0 amide bonds. The van der Waals surface area contributed by atoms with Crippen LogP contribution >= 0.6 is 11.3 Å². The summed E-state index contributed by atoms with van der Waals surface area (Å²) in [7, 11) is 0. The fraction of sp³-hybridized carbons (Fsp3) is 0.188. The van der Waals surface area contributed by atoms with E-state index in [2.05, 4.69) is 55.0 Å². The van der Waals surface area contributed by atoms with E-state index in [1.165, 1.54) is 0 Å². The molecule has 3 aromatic carbocycles. The normalized spacial score (nSPS) is 11.7. The average molecular weight is 518 g/mol. The maximum atomic E-state index is 9.80. The first kappa shape index (κ1) is 24.0. The van der Waals surface area contributed by atoms with E-state index in [9.17, 15) is 5.26 Å². The maximum Gasteiger partial charge on any atom is 0.164 e. The molecule has 0 atom stereocenters. The van der Waals surface area contributed by atoms with Crippen molar-refractivity contribution in [3.8, 4) is 22.6 Å². The molecule has 0 aliphatic carbocycles. The molecule has 6 aromatic rings. The molecule has 0 unspecified atom stereocenters. The standard InChI is InChI=1S/C32H27N3O2S/c1-32(2,3)30-20-38-31(34-30)29-14-23-13-22(9-12-28(23)37-29)17-35-18-24(16-33)26-15-25(10-11-27(26)35)36-19-21-7-5-4-6-8-21/h4-15,18,20H,17,19H2,1-3H3. The maximum absolute atomic E-state index is 9.80. The minimum absolute atomic E-state index is 0.00450. The van der Waals surface area contributed by atoms with Crippen LogP contribution in [0.3, 0.4) is 0 Å². The molecule has 0 N–H and O–H groups in total. The van der Waals surface area contributed by atoms with Crippen LogP contribution in [0.1, 0.15) is 43.2 Å². The highest BCUT2D eigenvalue weighted by atomic mass is 32.1. The molecule has 0 radical (unpaired) electrons. The molecule has 0 saturated carbocycles. The number of hydrogen-bond donors (Lipinski definition) is 0. The number of nitrogens with zero attached hydrogens (tertiary/aromatic N) is 3. The van der Waals surface area contributed by atoms with E-state index in [1.54, 1.807) is 11.3 Å². The second-order valence-corrected chi connectivity index (χ2v) is 11.4. The van der Waals surface area contributed by atoms with Gasteiger partial charge in [0.25, 0.3) is 0 Å². The Balaban J connectivity index is 1.26. The molecule has 0 fully saturated rings. The smallest absolute Gasteiger partial charge is 0.164 e. The zero-order chi connectivity index (χ0) is 26.3. The Morgan fingerprint density at radius 3 is 2.61 bits per heavy atom. The number of nitriles is 1. The van der Waals surface area contributed by atoms with Crippen LogP contribution in [-0.4, -0.2) is 9.55 Å². The van der Waals surface area contributed by atoms with Crippen LogP contribution in [0, 0.1) is 11.3 Å². The van der Waals surface area contributed by atoms with E-state index in [1.807, 2.05) is 60.8 Å². The average Bonchev–Trinajstić information content (AvgIpc) is 3.65. The number of thiazole rings is 1. The van der Waals surface area contributed by atoms with Crippen LogP contribution < -0.4 is 4.74 Å². The molecule has 0 spiro atoms. The molecule has 3 aromatic heterocycles. The third-order valence-corrected chi connectivity index (χ3v) is 7.50. The van der Waals surface area contributed by atoms with Gasteiger partial charge in [-0.15, -0.1) is 11.3 Å². The summed E-state index contributed by atoms with van der Waals surface area (Å²) in [6.07, 6.45) is 1.92. The van der Waals surface area contributed by atoms with Crippen LogP contribution in [0.2, 0.25) is 0 Å². The summed E-state index contributed by atoms with van der Waals surface area (Å²) in [6, 6.07) is 26.7. The van der Waals surface area contributed by atoms with Gasteiger partial charge in [-0.1, -0.05) is 57.2 Å². The third kappa shape index (κ3) is 4.69. The molecule has 6 rings (SSSR count). The highest BCUT2D eigenvalue weighted by molar-refractivity contribution is 7.13. The number of rotatable bonds is 6. The van der Waals surface area contributed by atoms with E-state index in [0.717, 1.165) is 55.2 Å². The SMILES string of the molecule is CC(C)(C)c1csc(-c2cc3cc(Cn4cc(C#N)c5cc(OCc6ccccc6)ccc54)ccc3o2)n1. The zero-order valence-electron chi connectivity index (χ0n) is 21.6.